The average molecular weight is 238 g/mol. The van der Waals surface area contributed by atoms with Gasteiger partial charge in [0.2, 0.25) is 0 Å². The first-order valence-electron chi connectivity index (χ1n) is 4.27. The van der Waals surface area contributed by atoms with Crippen molar-refractivity contribution in [1.82, 2.24) is 9.97 Å². The second-order valence-electron chi connectivity index (χ2n) is 3.02. The number of nitrogens with two attached hydrogens (primary N) is 1. The normalized spacial score (nSPS) is 10.2. The number of halogens is 1. The molecule has 0 saturated heterocycles. The molecule has 2 rings (SSSR count). The molecule has 3 N–H and O–H groups in total. The van der Waals surface area contributed by atoms with Gasteiger partial charge < -0.3 is 10.7 Å². The van der Waals surface area contributed by atoms with E-state index in [4.69, 9.17) is 29.6 Å². The SMILES string of the molecule is Nc1[nH]c(=S)ncc1-c1ccc(Cl)cc1. The molecule has 2 aromatic rings. The Bertz CT molecular complexity index is 533. The highest BCUT2D eigenvalue weighted by molar-refractivity contribution is 7.71. The molecule has 0 atom stereocenters. The molecule has 0 spiro atoms. The molecule has 76 valence electrons. The minimum atomic E-state index is 0.380. The standard InChI is InChI=1S/C10H8ClN3S/c11-7-3-1-6(2-4-7)8-5-13-10(15)14-9(8)12/h1-5H,(H3,12,13,14,15). The Morgan fingerprint density at radius 1 is 1.27 bits per heavy atom. The number of aromatic amines is 1. The van der Waals surface area contributed by atoms with Crippen LogP contribution in [-0.4, -0.2) is 9.97 Å². The van der Waals surface area contributed by atoms with Crippen molar-refractivity contribution >= 4 is 29.6 Å². The van der Waals surface area contributed by atoms with E-state index in [-0.39, 0.29) is 0 Å². The molecule has 3 nitrogen and oxygen atoms in total. The zero-order chi connectivity index (χ0) is 10.8. The predicted molar refractivity (Wildman–Crippen MR) is 64.3 cm³/mol. The molecule has 1 heterocycles. The topological polar surface area (TPSA) is 54.7 Å². The number of H-pyrrole nitrogens is 1. The van der Waals surface area contributed by atoms with Crippen molar-refractivity contribution in [2.45, 2.75) is 0 Å². The van der Waals surface area contributed by atoms with Crippen molar-refractivity contribution in [2.24, 2.45) is 0 Å². The van der Waals surface area contributed by atoms with Crippen LogP contribution in [0.2, 0.25) is 5.02 Å². The molecule has 0 aliphatic heterocycles. The van der Waals surface area contributed by atoms with Crippen molar-refractivity contribution < 1.29 is 0 Å². The molecular formula is C10H8ClN3S. The summed E-state index contributed by atoms with van der Waals surface area (Å²) in [6, 6.07) is 7.37. The van der Waals surface area contributed by atoms with E-state index in [0.29, 0.717) is 15.6 Å². The van der Waals surface area contributed by atoms with Crippen LogP contribution in [0.15, 0.2) is 30.5 Å². The number of hydrogen-bond acceptors (Lipinski definition) is 3. The predicted octanol–water partition coefficient (Wildman–Crippen LogP) is 3.04. The fourth-order valence-electron chi connectivity index (χ4n) is 1.27. The van der Waals surface area contributed by atoms with Gasteiger partial charge in [0.25, 0.3) is 0 Å². The van der Waals surface area contributed by atoms with Gasteiger partial charge in [-0.3, -0.25) is 0 Å². The summed E-state index contributed by atoms with van der Waals surface area (Å²) in [6.07, 6.45) is 1.65. The van der Waals surface area contributed by atoms with Crippen LogP contribution in [0.3, 0.4) is 0 Å². The summed E-state index contributed by atoms with van der Waals surface area (Å²) in [4.78, 5) is 6.79. The fraction of sp³-hybridized carbons (Fsp3) is 0. The van der Waals surface area contributed by atoms with Crippen molar-refractivity contribution in [2.75, 3.05) is 5.73 Å². The van der Waals surface area contributed by atoms with E-state index in [1.807, 2.05) is 12.1 Å². The molecule has 0 aliphatic carbocycles. The van der Waals surface area contributed by atoms with E-state index in [1.54, 1.807) is 18.3 Å². The Morgan fingerprint density at radius 2 is 1.93 bits per heavy atom. The van der Waals surface area contributed by atoms with Gasteiger partial charge in [0.05, 0.1) is 0 Å². The minimum Gasteiger partial charge on any atom is -0.385 e. The first-order chi connectivity index (χ1) is 7.16. The molecule has 0 radical (unpaired) electrons. The summed E-state index contributed by atoms with van der Waals surface area (Å²) in [6.45, 7) is 0. The summed E-state index contributed by atoms with van der Waals surface area (Å²) < 4.78 is 0.380. The second kappa shape index (κ2) is 4.00. The summed E-state index contributed by atoms with van der Waals surface area (Å²) in [7, 11) is 0. The van der Waals surface area contributed by atoms with Gasteiger partial charge in [-0.1, -0.05) is 23.7 Å². The van der Waals surface area contributed by atoms with E-state index in [0.717, 1.165) is 11.1 Å². The van der Waals surface area contributed by atoms with E-state index in [2.05, 4.69) is 9.97 Å². The molecule has 0 fully saturated rings. The van der Waals surface area contributed by atoms with Crippen molar-refractivity contribution in [1.29, 1.82) is 0 Å². The van der Waals surface area contributed by atoms with Gasteiger partial charge in [0.15, 0.2) is 4.77 Å². The minimum absolute atomic E-state index is 0.380. The first-order valence-corrected chi connectivity index (χ1v) is 5.06. The Morgan fingerprint density at radius 3 is 2.53 bits per heavy atom. The summed E-state index contributed by atoms with van der Waals surface area (Å²) >= 11 is 10.7. The lowest BCUT2D eigenvalue weighted by Crippen LogP contribution is -1.95. The smallest absolute Gasteiger partial charge is 0.198 e. The molecule has 15 heavy (non-hydrogen) atoms. The third kappa shape index (κ3) is 2.16. The Balaban J connectivity index is 2.54. The van der Waals surface area contributed by atoms with E-state index in [9.17, 15) is 0 Å². The summed E-state index contributed by atoms with van der Waals surface area (Å²) in [5.74, 6) is 0.511. The van der Waals surface area contributed by atoms with E-state index >= 15 is 0 Å². The van der Waals surface area contributed by atoms with Gasteiger partial charge in [0.1, 0.15) is 5.82 Å². The zero-order valence-electron chi connectivity index (χ0n) is 7.70. The van der Waals surface area contributed by atoms with Crippen LogP contribution in [0.25, 0.3) is 11.1 Å². The Kier molecular flexibility index (Phi) is 2.70. The zero-order valence-corrected chi connectivity index (χ0v) is 9.27. The third-order valence-electron chi connectivity index (χ3n) is 2.00. The van der Waals surface area contributed by atoms with Crippen LogP contribution in [0, 0.1) is 4.77 Å². The molecule has 1 aromatic carbocycles. The number of anilines is 1. The molecule has 0 aliphatic rings. The van der Waals surface area contributed by atoms with Crippen LogP contribution < -0.4 is 5.73 Å². The molecular weight excluding hydrogens is 230 g/mol. The Labute approximate surface area is 96.9 Å². The van der Waals surface area contributed by atoms with Crippen LogP contribution in [0.5, 0.6) is 0 Å². The lowest BCUT2D eigenvalue weighted by atomic mass is 10.1. The van der Waals surface area contributed by atoms with Crippen molar-refractivity contribution in [3.8, 4) is 11.1 Å². The Hall–Kier alpha value is -1.39. The number of aromatic nitrogens is 2. The summed E-state index contributed by atoms with van der Waals surface area (Å²) in [5, 5.41) is 0.689. The largest absolute Gasteiger partial charge is 0.385 e. The third-order valence-corrected chi connectivity index (χ3v) is 2.46. The highest BCUT2D eigenvalue weighted by Crippen LogP contribution is 2.24. The second-order valence-corrected chi connectivity index (χ2v) is 3.85. The van der Waals surface area contributed by atoms with Gasteiger partial charge in [0, 0.05) is 16.8 Å². The number of nitrogens with zero attached hydrogens (tertiary/aromatic N) is 1. The number of benzene rings is 1. The van der Waals surface area contributed by atoms with Gasteiger partial charge >= 0.3 is 0 Å². The van der Waals surface area contributed by atoms with Gasteiger partial charge in [-0.05, 0) is 29.9 Å². The molecule has 1 aromatic heterocycles. The highest BCUT2D eigenvalue weighted by atomic mass is 35.5. The van der Waals surface area contributed by atoms with Gasteiger partial charge in [-0.15, -0.1) is 0 Å². The number of hydrogen-bond donors (Lipinski definition) is 2. The van der Waals surface area contributed by atoms with Crippen LogP contribution >= 0.6 is 23.8 Å². The maximum atomic E-state index is 5.80. The molecule has 0 bridgehead atoms. The average Bonchev–Trinajstić information content (AvgIpc) is 2.20. The number of nitrogen functional groups attached to an aromatic ring is 1. The maximum Gasteiger partial charge on any atom is 0.198 e. The molecule has 5 heteroatoms. The number of nitrogens with one attached hydrogen (secondary N) is 1. The van der Waals surface area contributed by atoms with Crippen molar-refractivity contribution in [3.05, 3.63) is 40.3 Å². The quantitative estimate of drug-likeness (QED) is 0.750. The fourth-order valence-corrected chi connectivity index (χ4v) is 1.56. The van der Waals surface area contributed by atoms with Crippen molar-refractivity contribution in [3.63, 3.8) is 0 Å². The highest BCUT2D eigenvalue weighted by Gasteiger charge is 2.02. The van der Waals surface area contributed by atoms with E-state index in [1.165, 1.54) is 0 Å². The molecule has 0 amide bonds. The number of rotatable bonds is 1. The summed E-state index contributed by atoms with van der Waals surface area (Å²) in [5.41, 5.74) is 7.57. The molecule has 0 saturated carbocycles. The lowest BCUT2D eigenvalue weighted by molar-refractivity contribution is 1.15. The van der Waals surface area contributed by atoms with Crippen LogP contribution in [0.4, 0.5) is 5.82 Å². The van der Waals surface area contributed by atoms with Gasteiger partial charge in [-0.25, -0.2) is 4.98 Å². The lowest BCUT2D eigenvalue weighted by Gasteiger charge is -2.04. The molecule has 0 unspecified atom stereocenters. The first kappa shape index (κ1) is 10.1. The maximum absolute atomic E-state index is 5.80. The van der Waals surface area contributed by atoms with E-state index < -0.39 is 0 Å². The van der Waals surface area contributed by atoms with Crippen LogP contribution in [-0.2, 0) is 0 Å². The van der Waals surface area contributed by atoms with Crippen LogP contribution in [0.1, 0.15) is 0 Å². The monoisotopic (exact) mass is 237 g/mol. The van der Waals surface area contributed by atoms with Gasteiger partial charge in [-0.2, -0.15) is 0 Å².